The second-order valence-corrected chi connectivity index (χ2v) is 4.76. The van der Waals surface area contributed by atoms with E-state index in [-0.39, 0.29) is 16.9 Å². The molecular formula is C12H11N3O4S. The van der Waals surface area contributed by atoms with E-state index in [1.54, 1.807) is 0 Å². The highest BCUT2D eigenvalue weighted by Crippen LogP contribution is 2.30. The summed E-state index contributed by atoms with van der Waals surface area (Å²) in [5, 5.41) is 16.2. The van der Waals surface area contributed by atoms with Crippen molar-refractivity contribution in [2.75, 3.05) is 12.4 Å². The molecule has 8 heteroatoms. The lowest BCUT2D eigenvalue weighted by Gasteiger charge is -2.06. The predicted molar refractivity (Wildman–Crippen MR) is 74.6 cm³/mol. The molecule has 104 valence electrons. The van der Waals surface area contributed by atoms with E-state index in [0.717, 1.165) is 5.69 Å². The highest BCUT2D eigenvalue weighted by Gasteiger charge is 2.18. The Bertz CT molecular complexity index is 668. The third-order valence-electron chi connectivity index (χ3n) is 2.47. The normalized spacial score (nSPS) is 10.1. The standard InChI is InChI=1S/C12H11N3O4S/c1-7-6-20-12(13-7)14-9-5-8(11(16)19-2)3-4-10(9)15(17)18/h3-6H,1-2H3,(H,13,14). The summed E-state index contributed by atoms with van der Waals surface area (Å²) in [4.78, 5) is 26.1. The van der Waals surface area contributed by atoms with Crippen LogP contribution in [0.25, 0.3) is 0 Å². The molecule has 0 radical (unpaired) electrons. The third-order valence-corrected chi connectivity index (χ3v) is 3.35. The second kappa shape index (κ2) is 5.66. The number of nitro groups is 1. The molecule has 0 unspecified atom stereocenters. The first-order valence-corrected chi connectivity index (χ1v) is 6.45. The number of anilines is 2. The lowest BCUT2D eigenvalue weighted by Crippen LogP contribution is -2.04. The highest BCUT2D eigenvalue weighted by molar-refractivity contribution is 7.13. The fourth-order valence-electron chi connectivity index (χ4n) is 1.57. The largest absolute Gasteiger partial charge is 0.465 e. The van der Waals surface area contributed by atoms with Gasteiger partial charge in [0, 0.05) is 11.4 Å². The molecule has 20 heavy (non-hydrogen) atoms. The number of nitrogens with one attached hydrogen (secondary N) is 1. The molecular weight excluding hydrogens is 282 g/mol. The van der Waals surface area contributed by atoms with E-state index < -0.39 is 10.9 Å². The summed E-state index contributed by atoms with van der Waals surface area (Å²) < 4.78 is 4.60. The number of rotatable bonds is 4. The number of aryl methyl sites for hydroxylation is 1. The number of thiazole rings is 1. The van der Waals surface area contributed by atoms with Crippen LogP contribution >= 0.6 is 11.3 Å². The number of methoxy groups -OCH3 is 1. The summed E-state index contributed by atoms with van der Waals surface area (Å²) in [6.07, 6.45) is 0. The van der Waals surface area contributed by atoms with Gasteiger partial charge >= 0.3 is 5.97 Å². The van der Waals surface area contributed by atoms with Gasteiger partial charge in [-0.2, -0.15) is 0 Å². The maximum atomic E-state index is 11.5. The van der Waals surface area contributed by atoms with Crippen LogP contribution < -0.4 is 5.32 Å². The molecule has 1 aromatic carbocycles. The first-order valence-electron chi connectivity index (χ1n) is 5.57. The zero-order valence-corrected chi connectivity index (χ0v) is 11.6. The molecule has 0 saturated heterocycles. The second-order valence-electron chi connectivity index (χ2n) is 3.90. The third kappa shape index (κ3) is 2.91. The Balaban J connectivity index is 2.41. The van der Waals surface area contributed by atoms with Gasteiger partial charge < -0.3 is 10.1 Å². The molecule has 0 atom stereocenters. The molecule has 0 fully saturated rings. The molecule has 0 aliphatic heterocycles. The molecule has 2 aromatic rings. The summed E-state index contributed by atoms with van der Waals surface area (Å²) in [7, 11) is 1.25. The molecule has 1 aromatic heterocycles. The number of ether oxygens (including phenoxy) is 1. The lowest BCUT2D eigenvalue weighted by atomic mass is 10.1. The van der Waals surface area contributed by atoms with E-state index in [4.69, 9.17) is 0 Å². The molecule has 0 amide bonds. The van der Waals surface area contributed by atoms with Crippen molar-refractivity contribution in [2.45, 2.75) is 6.92 Å². The van der Waals surface area contributed by atoms with Crippen molar-refractivity contribution in [1.29, 1.82) is 0 Å². The molecule has 1 heterocycles. The fourth-order valence-corrected chi connectivity index (χ4v) is 2.27. The number of esters is 1. The number of carbonyl (C=O) groups excluding carboxylic acids is 1. The highest BCUT2D eigenvalue weighted by atomic mass is 32.1. The van der Waals surface area contributed by atoms with Crippen LogP contribution in [0.15, 0.2) is 23.6 Å². The molecule has 0 spiro atoms. The quantitative estimate of drug-likeness (QED) is 0.529. The number of benzene rings is 1. The van der Waals surface area contributed by atoms with Crippen LogP contribution in [-0.2, 0) is 4.74 Å². The molecule has 2 rings (SSSR count). The van der Waals surface area contributed by atoms with Gasteiger partial charge in [-0.05, 0) is 19.1 Å². The average Bonchev–Trinajstić information content (AvgIpc) is 2.82. The van der Waals surface area contributed by atoms with Crippen LogP contribution in [0.3, 0.4) is 0 Å². The molecule has 7 nitrogen and oxygen atoms in total. The minimum atomic E-state index is -0.557. The first-order chi connectivity index (χ1) is 9.51. The molecule has 0 aliphatic rings. The van der Waals surface area contributed by atoms with E-state index in [1.165, 1.54) is 36.6 Å². The van der Waals surface area contributed by atoms with E-state index in [9.17, 15) is 14.9 Å². The van der Waals surface area contributed by atoms with Gasteiger partial charge in [0.2, 0.25) is 0 Å². The van der Waals surface area contributed by atoms with Crippen LogP contribution in [0.4, 0.5) is 16.5 Å². The van der Waals surface area contributed by atoms with Gasteiger partial charge in [0.05, 0.1) is 23.3 Å². The van der Waals surface area contributed by atoms with Crippen molar-refractivity contribution < 1.29 is 14.5 Å². The van der Waals surface area contributed by atoms with E-state index in [2.05, 4.69) is 15.0 Å². The van der Waals surface area contributed by atoms with Crippen molar-refractivity contribution in [1.82, 2.24) is 4.98 Å². The average molecular weight is 293 g/mol. The van der Waals surface area contributed by atoms with E-state index in [0.29, 0.717) is 5.13 Å². The number of carbonyl (C=O) groups is 1. The van der Waals surface area contributed by atoms with Crippen molar-refractivity contribution >= 4 is 33.8 Å². The number of nitrogens with zero attached hydrogens (tertiary/aromatic N) is 2. The Morgan fingerprint density at radius 1 is 1.50 bits per heavy atom. The minimum absolute atomic E-state index is 0.134. The van der Waals surface area contributed by atoms with Gasteiger partial charge in [-0.25, -0.2) is 9.78 Å². The minimum Gasteiger partial charge on any atom is -0.465 e. The predicted octanol–water partition coefficient (Wildman–Crippen LogP) is 2.89. The molecule has 1 N–H and O–H groups in total. The summed E-state index contributed by atoms with van der Waals surface area (Å²) in [5.74, 6) is -0.557. The number of hydrogen-bond donors (Lipinski definition) is 1. The van der Waals surface area contributed by atoms with Crippen LogP contribution in [0.5, 0.6) is 0 Å². The first kappa shape index (κ1) is 13.9. The SMILES string of the molecule is COC(=O)c1ccc([N+](=O)[O-])c(Nc2nc(C)cs2)c1. The number of nitro benzene ring substituents is 1. The monoisotopic (exact) mass is 293 g/mol. The van der Waals surface area contributed by atoms with Crippen LogP contribution in [0.1, 0.15) is 16.1 Å². The van der Waals surface area contributed by atoms with E-state index in [1.807, 2.05) is 12.3 Å². The van der Waals surface area contributed by atoms with Gasteiger partial charge in [-0.3, -0.25) is 10.1 Å². The lowest BCUT2D eigenvalue weighted by molar-refractivity contribution is -0.383. The zero-order chi connectivity index (χ0) is 14.7. The number of hydrogen-bond acceptors (Lipinski definition) is 7. The maximum Gasteiger partial charge on any atom is 0.337 e. The van der Waals surface area contributed by atoms with Gasteiger partial charge in [0.1, 0.15) is 5.69 Å². The Hall–Kier alpha value is -2.48. The van der Waals surface area contributed by atoms with Gasteiger partial charge in [0.15, 0.2) is 5.13 Å². The van der Waals surface area contributed by atoms with Crippen LogP contribution in [0.2, 0.25) is 0 Å². The van der Waals surface area contributed by atoms with Gasteiger partial charge in [-0.1, -0.05) is 0 Å². The summed E-state index contributed by atoms with van der Waals surface area (Å²) in [6.45, 7) is 1.82. The van der Waals surface area contributed by atoms with Crippen LogP contribution in [0, 0.1) is 17.0 Å². The van der Waals surface area contributed by atoms with Crippen molar-refractivity contribution in [3.8, 4) is 0 Å². The molecule has 0 saturated carbocycles. The summed E-state index contributed by atoms with van der Waals surface area (Å²) in [5.41, 5.74) is 1.11. The zero-order valence-electron chi connectivity index (χ0n) is 10.7. The Morgan fingerprint density at radius 2 is 2.25 bits per heavy atom. The Morgan fingerprint density at radius 3 is 2.80 bits per heavy atom. The Labute approximate surface area is 118 Å². The van der Waals surface area contributed by atoms with E-state index >= 15 is 0 Å². The smallest absolute Gasteiger partial charge is 0.337 e. The van der Waals surface area contributed by atoms with Gasteiger partial charge in [-0.15, -0.1) is 11.3 Å². The number of aromatic nitrogens is 1. The van der Waals surface area contributed by atoms with Crippen molar-refractivity contribution in [3.63, 3.8) is 0 Å². The van der Waals surface area contributed by atoms with Crippen molar-refractivity contribution in [3.05, 3.63) is 45.0 Å². The van der Waals surface area contributed by atoms with Crippen LogP contribution in [-0.4, -0.2) is 23.0 Å². The Kier molecular flexibility index (Phi) is 3.94. The van der Waals surface area contributed by atoms with Crippen molar-refractivity contribution in [2.24, 2.45) is 0 Å². The maximum absolute atomic E-state index is 11.5. The molecule has 0 bridgehead atoms. The summed E-state index contributed by atoms with van der Waals surface area (Å²) in [6, 6.07) is 3.98. The summed E-state index contributed by atoms with van der Waals surface area (Å²) >= 11 is 1.32. The van der Waals surface area contributed by atoms with Gasteiger partial charge in [0.25, 0.3) is 5.69 Å². The fraction of sp³-hybridized carbons (Fsp3) is 0.167. The molecule has 0 aliphatic carbocycles. The topological polar surface area (TPSA) is 94.4 Å².